The second-order valence-corrected chi connectivity index (χ2v) is 5.78. The number of hydrogen-bond acceptors (Lipinski definition) is 2. The summed E-state index contributed by atoms with van der Waals surface area (Å²) in [6.45, 7) is 0. The Morgan fingerprint density at radius 2 is 1.50 bits per heavy atom. The molecule has 0 radical (unpaired) electrons. The molecule has 0 amide bonds. The van der Waals surface area contributed by atoms with Gasteiger partial charge in [-0.25, -0.2) is 21.6 Å². The number of benzene rings is 2. The molecular weight excluding hydrogens is 315 g/mol. The summed E-state index contributed by atoms with van der Waals surface area (Å²) >= 11 is 5.49. The lowest BCUT2D eigenvalue weighted by atomic mass is 10.3. The van der Waals surface area contributed by atoms with Crippen molar-refractivity contribution in [1.82, 2.24) is 0 Å². The van der Waals surface area contributed by atoms with E-state index in [9.17, 15) is 21.6 Å². The van der Waals surface area contributed by atoms with E-state index < -0.39 is 38.1 Å². The average Bonchev–Trinajstić information content (AvgIpc) is 2.34. The standard InChI is InChI=1S/C12H7ClF3NO2S/c13-7-3-1-6-10(11(7)16)17-20(18,19)12-8(14)4-2-5-9(12)15/h1-6,17H. The normalized spacial score (nSPS) is 11.4. The molecule has 0 atom stereocenters. The Hall–Kier alpha value is -1.73. The van der Waals surface area contributed by atoms with Crippen LogP contribution in [0.4, 0.5) is 18.9 Å². The SMILES string of the molecule is O=S(=O)(Nc1cccc(Cl)c1F)c1c(F)cccc1F. The molecule has 0 aliphatic rings. The van der Waals surface area contributed by atoms with Crippen LogP contribution in [0.2, 0.25) is 5.02 Å². The Bertz CT molecular complexity index is 745. The maximum atomic E-state index is 13.6. The molecule has 2 rings (SSSR count). The molecule has 0 aliphatic carbocycles. The highest BCUT2D eigenvalue weighted by atomic mass is 35.5. The van der Waals surface area contributed by atoms with E-state index in [0.717, 1.165) is 24.3 Å². The minimum atomic E-state index is -4.61. The topological polar surface area (TPSA) is 46.2 Å². The average molecular weight is 322 g/mol. The molecule has 0 saturated carbocycles. The van der Waals surface area contributed by atoms with Crippen molar-refractivity contribution < 1.29 is 21.6 Å². The van der Waals surface area contributed by atoms with Gasteiger partial charge in [0.1, 0.15) is 11.6 Å². The molecule has 3 nitrogen and oxygen atoms in total. The van der Waals surface area contributed by atoms with Crippen LogP contribution < -0.4 is 4.72 Å². The number of nitrogens with one attached hydrogen (secondary N) is 1. The lowest BCUT2D eigenvalue weighted by Gasteiger charge is -2.10. The first kappa shape index (κ1) is 14.7. The van der Waals surface area contributed by atoms with E-state index in [1.807, 2.05) is 0 Å². The van der Waals surface area contributed by atoms with E-state index in [4.69, 9.17) is 11.6 Å². The van der Waals surface area contributed by atoms with Crippen molar-refractivity contribution in [3.63, 3.8) is 0 Å². The molecule has 2 aromatic rings. The molecule has 0 unspecified atom stereocenters. The third-order valence-corrected chi connectivity index (χ3v) is 4.09. The lowest BCUT2D eigenvalue weighted by molar-refractivity contribution is 0.521. The van der Waals surface area contributed by atoms with Crippen molar-refractivity contribution >= 4 is 27.3 Å². The molecule has 0 bridgehead atoms. The number of anilines is 1. The van der Waals surface area contributed by atoms with Gasteiger partial charge in [-0.3, -0.25) is 4.72 Å². The number of halogens is 4. The van der Waals surface area contributed by atoms with Crippen molar-refractivity contribution in [2.75, 3.05) is 4.72 Å². The van der Waals surface area contributed by atoms with E-state index in [2.05, 4.69) is 0 Å². The van der Waals surface area contributed by atoms with E-state index in [1.54, 1.807) is 4.72 Å². The summed E-state index contributed by atoms with van der Waals surface area (Å²) in [5.41, 5.74) is -0.500. The molecule has 20 heavy (non-hydrogen) atoms. The van der Waals surface area contributed by atoms with Gasteiger partial charge in [0.05, 0.1) is 10.7 Å². The minimum absolute atomic E-state index is 0.320. The number of rotatable bonds is 3. The third kappa shape index (κ3) is 2.73. The maximum absolute atomic E-state index is 13.6. The molecule has 0 aromatic heterocycles. The summed E-state index contributed by atoms with van der Waals surface area (Å²) in [6.07, 6.45) is 0. The largest absolute Gasteiger partial charge is 0.276 e. The van der Waals surface area contributed by atoms with Crippen LogP contribution in [0.1, 0.15) is 0 Å². The van der Waals surface area contributed by atoms with E-state index in [1.165, 1.54) is 12.1 Å². The fraction of sp³-hybridized carbons (Fsp3) is 0. The van der Waals surface area contributed by atoms with E-state index in [0.29, 0.717) is 0 Å². The molecule has 0 heterocycles. The third-order valence-electron chi connectivity index (χ3n) is 2.38. The smallest absolute Gasteiger partial charge is 0.267 e. The highest BCUT2D eigenvalue weighted by Crippen LogP contribution is 2.26. The predicted octanol–water partition coefficient (Wildman–Crippen LogP) is 3.56. The quantitative estimate of drug-likeness (QED) is 0.939. The molecule has 0 aliphatic heterocycles. The predicted molar refractivity (Wildman–Crippen MR) is 68.6 cm³/mol. The van der Waals surface area contributed by atoms with Gasteiger partial charge in [0, 0.05) is 0 Å². The molecular formula is C12H7ClF3NO2S. The van der Waals surface area contributed by atoms with E-state index >= 15 is 0 Å². The van der Waals surface area contributed by atoms with Crippen LogP contribution in [-0.2, 0) is 10.0 Å². The first-order valence-electron chi connectivity index (χ1n) is 5.24. The van der Waals surface area contributed by atoms with Crippen molar-refractivity contribution in [3.8, 4) is 0 Å². The van der Waals surface area contributed by atoms with Crippen LogP contribution >= 0.6 is 11.6 Å². The Labute approximate surface area is 118 Å². The van der Waals surface area contributed by atoms with Gasteiger partial charge in [0.15, 0.2) is 10.7 Å². The van der Waals surface area contributed by atoms with Crippen molar-refractivity contribution in [2.24, 2.45) is 0 Å². The molecule has 0 spiro atoms. The van der Waals surface area contributed by atoms with Gasteiger partial charge in [0.25, 0.3) is 10.0 Å². The molecule has 2 aromatic carbocycles. The first-order chi connectivity index (χ1) is 9.33. The van der Waals surface area contributed by atoms with Gasteiger partial charge in [0.2, 0.25) is 0 Å². The lowest BCUT2D eigenvalue weighted by Crippen LogP contribution is -2.17. The van der Waals surface area contributed by atoms with Crippen LogP contribution in [0.3, 0.4) is 0 Å². The Morgan fingerprint density at radius 3 is 2.10 bits per heavy atom. The molecule has 1 N–H and O–H groups in total. The molecule has 0 fully saturated rings. The zero-order valence-corrected chi connectivity index (χ0v) is 11.3. The zero-order chi connectivity index (χ0) is 14.9. The monoisotopic (exact) mass is 321 g/mol. The number of sulfonamides is 1. The summed E-state index contributed by atoms with van der Waals surface area (Å²) in [5.74, 6) is -3.59. The van der Waals surface area contributed by atoms with Crippen LogP contribution in [0.15, 0.2) is 41.3 Å². The fourth-order valence-electron chi connectivity index (χ4n) is 1.52. The highest BCUT2D eigenvalue weighted by Gasteiger charge is 2.25. The minimum Gasteiger partial charge on any atom is -0.276 e. The van der Waals surface area contributed by atoms with Crippen LogP contribution in [0, 0.1) is 17.5 Å². The highest BCUT2D eigenvalue weighted by molar-refractivity contribution is 7.92. The molecule has 8 heteroatoms. The summed E-state index contributed by atoms with van der Waals surface area (Å²) in [4.78, 5) is -1.18. The Morgan fingerprint density at radius 1 is 0.950 bits per heavy atom. The summed E-state index contributed by atoms with van der Waals surface area (Å²) in [5, 5.41) is -0.320. The van der Waals surface area contributed by atoms with E-state index in [-0.39, 0.29) is 5.02 Å². The number of hydrogen-bond donors (Lipinski definition) is 1. The van der Waals surface area contributed by atoms with Crippen LogP contribution in [-0.4, -0.2) is 8.42 Å². The van der Waals surface area contributed by atoms with Gasteiger partial charge >= 0.3 is 0 Å². The van der Waals surface area contributed by atoms with Gasteiger partial charge in [-0.1, -0.05) is 23.7 Å². The molecule has 106 valence electrons. The fourth-order valence-corrected chi connectivity index (χ4v) is 2.89. The van der Waals surface area contributed by atoms with Crippen LogP contribution in [0.5, 0.6) is 0 Å². The van der Waals surface area contributed by atoms with Crippen molar-refractivity contribution in [3.05, 3.63) is 58.9 Å². The second-order valence-electron chi connectivity index (χ2n) is 3.76. The summed E-state index contributed by atoms with van der Waals surface area (Å²) in [6, 6.07) is 6.17. The maximum Gasteiger partial charge on any atom is 0.267 e. The first-order valence-corrected chi connectivity index (χ1v) is 7.10. The Kier molecular flexibility index (Phi) is 3.92. The summed E-state index contributed by atoms with van der Waals surface area (Å²) < 4.78 is 66.1. The Balaban J connectivity index is 2.50. The van der Waals surface area contributed by atoms with Crippen LogP contribution in [0.25, 0.3) is 0 Å². The summed E-state index contributed by atoms with van der Waals surface area (Å²) in [7, 11) is -4.61. The van der Waals surface area contributed by atoms with Gasteiger partial charge in [-0.15, -0.1) is 0 Å². The van der Waals surface area contributed by atoms with Crippen molar-refractivity contribution in [1.29, 1.82) is 0 Å². The zero-order valence-electron chi connectivity index (χ0n) is 9.70. The second kappa shape index (κ2) is 5.34. The van der Waals surface area contributed by atoms with Gasteiger partial charge in [-0.05, 0) is 24.3 Å². The van der Waals surface area contributed by atoms with Gasteiger partial charge in [-0.2, -0.15) is 0 Å². The van der Waals surface area contributed by atoms with Crippen molar-refractivity contribution in [2.45, 2.75) is 4.90 Å². The molecule has 0 saturated heterocycles. The van der Waals surface area contributed by atoms with Gasteiger partial charge < -0.3 is 0 Å².